The summed E-state index contributed by atoms with van der Waals surface area (Å²) in [5, 5.41) is 2.48. The zero-order valence-electron chi connectivity index (χ0n) is 11.7. The maximum Gasteiger partial charge on any atom is 0.422 e. The van der Waals surface area contributed by atoms with Crippen LogP contribution in [0.3, 0.4) is 0 Å². The smallest absolute Gasteiger partial charge is 0.422 e. The molecule has 0 aliphatic rings. The molecule has 1 N–H and O–H groups in total. The highest BCUT2D eigenvalue weighted by atomic mass is 19.4. The Bertz CT molecular complexity index is 548. The average Bonchev–Trinajstić information content (AvgIpc) is 2.38. The van der Waals surface area contributed by atoms with Gasteiger partial charge < -0.3 is 10.1 Å². The molecule has 3 nitrogen and oxygen atoms in total. The van der Waals surface area contributed by atoms with Gasteiger partial charge in [0.05, 0.1) is 5.69 Å². The summed E-state index contributed by atoms with van der Waals surface area (Å²) >= 11 is 0. The molecule has 0 spiro atoms. The van der Waals surface area contributed by atoms with E-state index in [1.54, 1.807) is 32.1 Å². The second-order valence-electron chi connectivity index (χ2n) is 4.28. The predicted molar refractivity (Wildman–Crippen MR) is 75.3 cm³/mol. The largest absolute Gasteiger partial charge is 0.482 e. The molecule has 0 bridgehead atoms. The number of rotatable bonds is 5. The van der Waals surface area contributed by atoms with Crippen molar-refractivity contribution in [2.75, 3.05) is 11.9 Å². The number of amides is 1. The van der Waals surface area contributed by atoms with E-state index in [9.17, 15) is 18.0 Å². The molecule has 6 heteroatoms. The lowest BCUT2D eigenvalue weighted by molar-refractivity contribution is -0.153. The number of carbonyl (C=O) groups is 1. The van der Waals surface area contributed by atoms with Gasteiger partial charge in [-0.3, -0.25) is 4.79 Å². The van der Waals surface area contributed by atoms with Crippen LogP contribution in [0, 0.1) is 6.92 Å². The number of ether oxygens (including phenoxy) is 1. The van der Waals surface area contributed by atoms with Crippen molar-refractivity contribution in [3.8, 4) is 5.75 Å². The van der Waals surface area contributed by atoms with Crippen LogP contribution in [0.5, 0.6) is 5.75 Å². The minimum absolute atomic E-state index is 0.0138. The Hall–Kier alpha value is -2.24. The minimum atomic E-state index is -4.43. The van der Waals surface area contributed by atoms with Crippen molar-refractivity contribution in [2.24, 2.45) is 0 Å². The number of alkyl halides is 3. The maximum absolute atomic E-state index is 12.2. The lowest BCUT2D eigenvalue weighted by Crippen LogP contribution is -2.20. The molecular formula is C15H16F3NO2. The Kier molecular flexibility index (Phi) is 6.02. The van der Waals surface area contributed by atoms with Crippen LogP contribution in [0.2, 0.25) is 0 Å². The van der Waals surface area contributed by atoms with Gasteiger partial charge in [-0.25, -0.2) is 0 Å². The van der Waals surface area contributed by atoms with Crippen molar-refractivity contribution in [1.82, 2.24) is 0 Å². The lowest BCUT2D eigenvalue weighted by Gasteiger charge is -2.14. The summed E-state index contributed by atoms with van der Waals surface area (Å²) in [5.41, 5.74) is 0.926. The molecular weight excluding hydrogens is 283 g/mol. The fourth-order valence-corrected chi connectivity index (χ4v) is 1.44. The fourth-order valence-electron chi connectivity index (χ4n) is 1.44. The van der Waals surface area contributed by atoms with Gasteiger partial charge in [0, 0.05) is 6.08 Å². The molecule has 0 saturated carbocycles. The third-order valence-electron chi connectivity index (χ3n) is 2.34. The molecule has 21 heavy (non-hydrogen) atoms. The van der Waals surface area contributed by atoms with E-state index in [-0.39, 0.29) is 11.4 Å². The molecule has 0 atom stereocenters. The average molecular weight is 299 g/mol. The van der Waals surface area contributed by atoms with Crippen molar-refractivity contribution in [2.45, 2.75) is 20.0 Å². The number of hydrogen-bond acceptors (Lipinski definition) is 2. The van der Waals surface area contributed by atoms with Gasteiger partial charge in [-0.15, -0.1) is 0 Å². The van der Waals surface area contributed by atoms with Crippen LogP contribution >= 0.6 is 0 Å². The van der Waals surface area contributed by atoms with Crippen LogP contribution in [0.15, 0.2) is 42.5 Å². The maximum atomic E-state index is 12.2. The van der Waals surface area contributed by atoms with Crippen LogP contribution in [-0.2, 0) is 4.79 Å². The topological polar surface area (TPSA) is 38.3 Å². The van der Waals surface area contributed by atoms with Crippen LogP contribution in [-0.4, -0.2) is 18.7 Å². The van der Waals surface area contributed by atoms with Crippen molar-refractivity contribution >= 4 is 11.6 Å². The summed E-state index contributed by atoms with van der Waals surface area (Å²) in [6.45, 7) is 2.11. The van der Waals surface area contributed by atoms with Crippen molar-refractivity contribution in [1.29, 1.82) is 0 Å². The fraction of sp³-hybridized carbons (Fsp3) is 0.267. The second-order valence-corrected chi connectivity index (χ2v) is 4.28. The van der Waals surface area contributed by atoms with Gasteiger partial charge in [-0.1, -0.05) is 24.3 Å². The Morgan fingerprint density at radius 1 is 1.33 bits per heavy atom. The van der Waals surface area contributed by atoms with Gasteiger partial charge in [0.15, 0.2) is 6.61 Å². The third kappa shape index (κ3) is 6.65. The van der Waals surface area contributed by atoms with Gasteiger partial charge in [-0.2, -0.15) is 13.2 Å². The monoisotopic (exact) mass is 299 g/mol. The number of benzene rings is 1. The molecule has 0 saturated heterocycles. The molecule has 114 valence electrons. The van der Waals surface area contributed by atoms with Crippen LogP contribution in [0.1, 0.15) is 12.5 Å². The molecule has 1 rings (SSSR count). The zero-order chi connectivity index (χ0) is 15.9. The highest BCUT2D eigenvalue weighted by molar-refractivity contribution is 6.00. The molecule has 1 aromatic rings. The van der Waals surface area contributed by atoms with Gasteiger partial charge >= 0.3 is 6.18 Å². The first kappa shape index (κ1) is 16.8. The van der Waals surface area contributed by atoms with Crippen LogP contribution < -0.4 is 10.1 Å². The molecule has 1 amide bonds. The van der Waals surface area contributed by atoms with E-state index in [0.717, 1.165) is 5.56 Å². The van der Waals surface area contributed by atoms with E-state index >= 15 is 0 Å². The molecule has 0 aliphatic heterocycles. The standard InChI is InChI=1S/C15H16F3NO2/c1-3-4-5-6-14(20)19-12-8-7-11(2)9-13(12)21-10-15(16,17)18/h3-9H,10H2,1-2H3,(H,19,20). The van der Waals surface area contributed by atoms with Gasteiger partial charge in [-0.05, 0) is 31.5 Å². The Balaban J connectivity index is 2.83. The highest BCUT2D eigenvalue weighted by Crippen LogP contribution is 2.27. The summed E-state index contributed by atoms with van der Waals surface area (Å²) in [5.74, 6) is -0.464. The number of carbonyl (C=O) groups excluding carboxylic acids is 1. The number of aryl methyl sites for hydroxylation is 1. The first-order valence-electron chi connectivity index (χ1n) is 6.22. The molecule has 0 heterocycles. The Morgan fingerprint density at radius 2 is 2.05 bits per heavy atom. The summed E-state index contributed by atoms with van der Waals surface area (Å²) in [6.07, 6.45) is 1.77. The van der Waals surface area contributed by atoms with E-state index in [1.807, 2.05) is 0 Å². The predicted octanol–water partition coefficient (Wildman–Crippen LogP) is 4.01. The third-order valence-corrected chi connectivity index (χ3v) is 2.34. The van der Waals surface area contributed by atoms with Crippen LogP contribution in [0.25, 0.3) is 0 Å². The molecule has 0 fully saturated rings. The minimum Gasteiger partial charge on any atom is -0.482 e. The zero-order valence-corrected chi connectivity index (χ0v) is 11.7. The lowest BCUT2D eigenvalue weighted by atomic mass is 10.2. The summed E-state index contributed by atoms with van der Waals surface area (Å²) in [7, 11) is 0. The summed E-state index contributed by atoms with van der Waals surface area (Å²) < 4.78 is 41.4. The number of allylic oxidation sites excluding steroid dienone is 3. The normalized spacial score (nSPS) is 12.0. The molecule has 0 aliphatic carbocycles. The van der Waals surface area contributed by atoms with Crippen molar-refractivity contribution in [3.05, 3.63) is 48.1 Å². The molecule has 1 aromatic carbocycles. The number of halogens is 3. The highest BCUT2D eigenvalue weighted by Gasteiger charge is 2.28. The Morgan fingerprint density at radius 3 is 2.67 bits per heavy atom. The summed E-state index contributed by atoms with van der Waals surface area (Å²) in [6, 6.07) is 4.62. The number of anilines is 1. The van der Waals surface area contributed by atoms with Crippen molar-refractivity contribution < 1.29 is 22.7 Å². The SMILES string of the molecule is CC=CC=CC(=O)Nc1ccc(C)cc1OCC(F)(F)F. The summed E-state index contributed by atoms with van der Waals surface area (Å²) in [4.78, 5) is 11.6. The number of hydrogen-bond donors (Lipinski definition) is 1. The Labute approximate surface area is 121 Å². The van der Waals surface area contributed by atoms with E-state index in [2.05, 4.69) is 5.32 Å². The van der Waals surface area contributed by atoms with Crippen molar-refractivity contribution in [3.63, 3.8) is 0 Å². The quantitative estimate of drug-likeness (QED) is 0.659. The van der Waals surface area contributed by atoms with E-state index in [1.165, 1.54) is 24.3 Å². The van der Waals surface area contributed by atoms with E-state index < -0.39 is 18.7 Å². The van der Waals surface area contributed by atoms with Gasteiger partial charge in [0.1, 0.15) is 5.75 Å². The first-order valence-corrected chi connectivity index (χ1v) is 6.22. The van der Waals surface area contributed by atoms with E-state index in [0.29, 0.717) is 0 Å². The molecule has 0 radical (unpaired) electrons. The first-order chi connectivity index (χ1) is 9.81. The number of nitrogens with one attached hydrogen (secondary N) is 1. The molecule has 0 aromatic heterocycles. The molecule has 0 unspecified atom stereocenters. The van der Waals surface area contributed by atoms with Gasteiger partial charge in [0.25, 0.3) is 0 Å². The second kappa shape index (κ2) is 7.52. The van der Waals surface area contributed by atoms with E-state index in [4.69, 9.17) is 4.74 Å². The van der Waals surface area contributed by atoms with Crippen LogP contribution in [0.4, 0.5) is 18.9 Å². The van der Waals surface area contributed by atoms with Gasteiger partial charge in [0.2, 0.25) is 5.91 Å².